The number of nitrogens with one attached hydrogen (secondary N) is 4. The van der Waals surface area contributed by atoms with Gasteiger partial charge in [-0.25, -0.2) is 4.39 Å². The van der Waals surface area contributed by atoms with E-state index >= 15 is 0 Å². The van der Waals surface area contributed by atoms with Gasteiger partial charge in [-0.1, -0.05) is 23.7 Å². The number of guanidine groups is 1. The van der Waals surface area contributed by atoms with E-state index < -0.39 is 0 Å². The molecule has 0 saturated carbocycles. The van der Waals surface area contributed by atoms with Crippen LogP contribution in [-0.2, 0) is 6.42 Å². The van der Waals surface area contributed by atoms with Crippen molar-refractivity contribution in [2.24, 2.45) is 4.99 Å². The third-order valence-electron chi connectivity index (χ3n) is 4.55. The molecule has 0 fully saturated rings. The number of amides is 1. The first-order valence-electron chi connectivity index (χ1n) is 9.89. The van der Waals surface area contributed by atoms with Crippen LogP contribution in [0.15, 0.2) is 53.7 Å². The lowest BCUT2D eigenvalue weighted by Crippen LogP contribution is -2.41. The molecule has 0 bridgehead atoms. The summed E-state index contributed by atoms with van der Waals surface area (Å²) in [6.07, 6.45) is 2.62. The Balaban J connectivity index is 0.00000341. The molecule has 6 nitrogen and oxygen atoms in total. The maximum absolute atomic E-state index is 13.3. The molecule has 0 aliphatic heterocycles. The normalized spacial score (nSPS) is 11.1. The number of aromatic nitrogens is 1. The van der Waals surface area contributed by atoms with E-state index in [2.05, 4.69) is 25.9 Å². The van der Waals surface area contributed by atoms with E-state index in [0.29, 0.717) is 36.2 Å². The van der Waals surface area contributed by atoms with Gasteiger partial charge in [-0.05, 0) is 49.2 Å². The van der Waals surface area contributed by atoms with Crippen LogP contribution in [0.4, 0.5) is 4.39 Å². The monoisotopic (exact) mass is 557 g/mol. The number of H-pyrrole nitrogens is 1. The molecule has 9 heteroatoms. The van der Waals surface area contributed by atoms with Crippen molar-refractivity contribution >= 4 is 58.3 Å². The second-order valence-electron chi connectivity index (χ2n) is 6.68. The summed E-state index contributed by atoms with van der Waals surface area (Å²) < 4.78 is 13.3. The van der Waals surface area contributed by atoms with Crippen molar-refractivity contribution in [1.82, 2.24) is 20.9 Å². The van der Waals surface area contributed by atoms with Gasteiger partial charge >= 0.3 is 0 Å². The minimum atomic E-state index is -0.255. The SMILES string of the molecule is CCNC(=NCCc1c[nH]c2cc(F)ccc12)NCCNC(=O)c1ccccc1Cl.I. The summed E-state index contributed by atoms with van der Waals surface area (Å²) in [6, 6.07) is 11.7. The maximum atomic E-state index is 13.3. The lowest BCUT2D eigenvalue weighted by molar-refractivity contribution is 0.0954. The molecule has 1 amide bonds. The summed E-state index contributed by atoms with van der Waals surface area (Å²) in [7, 11) is 0. The van der Waals surface area contributed by atoms with E-state index in [0.717, 1.165) is 29.4 Å². The van der Waals surface area contributed by atoms with Gasteiger partial charge in [0, 0.05) is 43.3 Å². The van der Waals surface area contributed by atoms with Crippen LogP contribution in [0.1, 0.15) is 22.8 Å². The first-order valence-corrected chi connectivity index (χ1v) is 10.3. The number of aromatic amines is 1. The Bertz CT molecular complexity index is 1040. The Morgan fingerprint density at radius 1 is 1.13 bits per heavy atom. The van der Waals surface area contributed by atoms with E-state index in [1.165, 1.54) is 12.1 Å². The molecule has 1 heterocycles. The molecule has 0 radical (unpaired) electrons. The van der Waals surface area contributed by atoms with E-state index in [1.807, 2.05) is 13.1 Å². The minimum Gasteiger partial charge on any atom is -0.361 e. The number of carbonyl (C=O) groups excluding carboxylic acids is 1. The third-order valence-corrected chi connectivity index (χ3v) is 4.88. The van der Waals surface area contributed by atoms with Crippen LogP contribution in [0.2, 0.25) is 5.02 Å². The fourth-order valence-electron chi connectivity index (χ4n) is 3.09. The summed E-state index contributed by atoms with van der Waals surface area (Å²) in [6.45, 7) is 4.25. The molecule has 3 rings (SSSR count). The highest BCUT2D eigenvalue weighted by Crippen LogP contribution is 2.19. The quantitative estimate of drug-likeness (QED) is 0.146. The lowest BCUT2D eigenvalue weighted by atomic mass is 10.1. The molecule has 4 N–H and O–H groups in total. The Morgan fingerprint density at radius 2 is 1.90 bits per heavy atom. The number of halogens is 3. The van der Waals surface area contributed by atoms with Crippen molar-refractivity contribution < 1.29 is 9.18 Å². The topological polar surface area (TPSA) is 81.3 Å². The number of rotatable bonds is 8. The number of hydrogen-bond donors (Lipinski definition) is 4. The van der Waals surface area contributed by atoms with Crippen LogP contribution in [0, 0.1) is 5.82 Å². The summed E-state index contributed by atoms with van der Waals surface area (Å²) in [5.74, 6) is 0.213. The Kier molecular flexibility index (Phi) is 10.1. The van der Waals surface area contributed by atoms with Gasteiger partial charge in [0.2, 0.25) is 0 Å². The zero-order chi connectivity index (χ0) is 21.3. The van der Waals surface area contributed by atoms with Crippen LogP contribution in [0.3, 0.4) is 0 Å². The minimum absolute atomic E-state index is 0. The van der Waals surface area contributed by atoms with Crippen LogP contribution in [0.25, 0.3) is 10.9 Å². The van der Waals surface area contributed by atoms with Crippen LogP contribution in [-0.4, -0.2) is 43.0 Å². The highest BCUT2D eigenvalue weighted by Gasteiger charge is 2.08. The molecule has 1 aromatic heterocycles. The highest BCUT2D eigenvalue weighted by atomic mass is 127. The fraction of sp³-hybridized carbons (Fsp3) is 0.273. The van der Waals surface area contributed by atoms with Crippen molar-refractivity contribution in [2.75, 3.05) is 26.2 Å². The average Bonchev–Trinajstić information content (AvgIpc) is 3.13. The van der Waals surface area contributed by atoms with Crippen LogP contribution >= 0.6 is 35.6 Å². The molecular formula is C22H26ClFIN5O. The lowest BCUT2D eigenvalue weighted by Gasteiger charge is -2.12. The van der Waals surface area contributed by atoms with Crippen molar-refractivity contribution in [3.8, 4) is 0 Å². The number of carbonyl (C=O) groups is 1. The first-order chi connectivity index (χ1) is 14.6. The molecular weight excluding hydrogens is 532 g/mol. The van der Waals surface area contributed by atoms with E-state index in [9.17, 15) is 9.18 Å². The Morgan fingerprint density at radius 3 is 2.68 bits per heavy atom. The van der Waals surface area contributed by atoms with E-state index in [-0.39, 0.29) is 35.7 Å². The van der Waals surface area contributed by atoms with Crippen LogP contribution < -0.4 is 16.0 Å². The fourth-order valence-corrected chi connectivity index (χ4v) is 3.31. The molecule has 0 unspecified atom stereocenters. The molecule has 31 heavy (non-hydrogen) atoms. The van der Waals surface area contributed by atoms with E-state index in [4.69, 9.17) is 11.6 Å². The standard InChI is InChI=1S/C22H25ClFN5O.HI/c1-2-25-22(28-12-11-26-21(30)18-5-3-4-6-19(18)23)27-10-9-15-14-29-20-13-16(24)7-8-17(15)20;/h3-8,13-14,29H,2,9-12H2,1H3,(H,26,30)(H2,25,27,28);1H. The third kappa shape index (κ3) is 7.10. The number of fused-ring (bicyclic) bond motifs is 1. The van der Waals surface area contributed by atoms with Crippen molar-refractivity contribution in [1.29, 1.82) is 0 Å². The van der Waals surface area contributed by atoms with Crippen molar-refractivity contribution in [3.63, 3.8) is 0 Å². The van der Waals surface area contributed by atoms with Gasteiger partial charge in [0.15, 0.2) is 5.96 Å². The first kappa shape index (κ1) is 24.9. The van der Waals surface area contributed by atoms with Gasteiger partial charge in [-0.2, -0.15) is 0 Å². The highest BCUT2D eigenvalue weighted by molar-refractivity contribution is 14.0. The summed E-state index contributed by atoms with van der Waals surface area (Å²) in [5.41, 5.74) is 2.34. The predicted octanol–water partition coefficient (Wildman–Crippen LogP) is 4.11. The van der Waals surface area contributed by atoms with Crippen LogP contribution in [0.5, 0.6) is 0 Å². The zero-order valence-electron chi connectivity index (χ0n) is 17.2. The molecule has 0 saturated heterocycles. The maximum Gasteiger partial charge on any atom is 0.252 e. The largest absolute Gasteiger partial charge is 0.361 e. The number of hydrogen-bond acceptors (Lipinski definition) is 2. The molecule has 166 valence electrons. The second kappa shape index (κ2) is 12.5. The molecule has 0 atom stereocenters. The smallest absolute Gasteiger partial charge is 0.252 e. The molecule has 0 aliphatic rings. The number of nitrogens with zero attached hydrogens (tertiary/aromatic N) is 1. The summed E-state index contributed by atoms with van der Waals surface area (Å²) in [5, 5.41) is 10.7. The van der Waals surface area contributed by atoms with Gasteiger partial charge < -0.3 is 20.9 Å². The molecule has 0 aliphatic carbocycles. The second-order valence-corrected chi connectivity index (χ2v) is 7.08. The van der Waals surface area contributed by atoms with E-state index in [1.54, 1.807) is 30.3 Å². The molecule has 3 aromatic rings. The van der Waals surface area contributed by atoms with Crippen molar-refractivity contribution in [2.45, 2.75) is 13.3 Å². The Labute approximate surface area is 203 Å². The van der Waals surface area contributed by atoms with Gasteiger partial charge in [-0.3, -0.25) is 9.79 Å². The van der Waals surface area contributed by atoms with Crippen molar-refractivity contribution in [3.05, 3.63) is 70.6 Å². The molecule has 0 spiro atoms. The Hall–Kier alpha value is -2.33. The van der Waals surface area contributed by atoms with Gasteiger partial charge in [0.25, 0.3) is 5.91 Å². The summed E-state index contributed by atoms with van der Waals surface area (Å²) in [4.78, 5) is 19.8. The van der Waals surface area contributed by atoms with Gasteiger partial charge in [0.05, 0.1) is 10.6 Å². The molecule has 2 aromatic carbocycles. The van der Waals surface area contributed by atoms with Gasteiger partial charge in [0.1, 0.15) is 5.82 Å². The zero-order valence-corrected chi connectivity index (χ0v) is 20.3. The average molecular weight is 558 g/mol. The number of benzene rings is 2. The van der Waals surface area contributed by atoms with Gasteiger partial charge in [-0.15, -0.1) is 24.0 Å². The summed E-state index contributed by atoms with van der Waals surface area (Å²) >= 11 is 6.04. The number of aliphatic imine (C=N–C) groups is 1. The predicted molar refractivity (Wildman–Crippen MR) is 135 cm³/mol.